The number of hydrogen-bond acceptors (Lipinski definition) is 6. The van der Waals surface area contributed by atoms with Crippen LogP contribution >= 0.6 is 0 Å². The van der Waals surface area contributed by atoms with E-state index in [2.05, 4.69) is 16.0 Å². The molecule has 7 heteroatoms. The molecule has 0 radical (unpaired) electrons. The predicted molar refractivity (Wildman–Crippen MR) is 121 cm³/mol. The first-order valence-corrected chi connectivity index (χ1v) is 10.5. The number of para-hydroxylation sites is 1. The quantitative estimate of drug-likeness (QED) is 0.494. The minimum Gasteiger partial charge on any atom is -0.460 e. The van der Waals surface area contributed by atoms with E-state index < -0.39 is 0 Å². The van der Waals surface area contributed by atoms with Crippen LogP contribution in [0.3, 0.4) is 0 Å². The van der Waals surface area contributed by atoms with Gasteiger partial charge in [0.05, 0.1) is 22.7 Å². The molecule has 158 valence electrons. The van der Waals surface area contributed by atoms with Gasteiger partial charge in [0.25, 0.3) is 5.91 Å². The fourth-order valence-corrected chi connectivity index (χ4v) is 4.02. The van der Waals surface area contributed by atoms with E-state index in [0.717, 1.165) is 22.5 Å². The van der Waals surface area contributed by atoms with Gasteiger partial charge in [0.15, 0.2) is 5.76 Å². The van der Waals surface area contributed by atoms with Gasteiger partial charge in [-0.05, 0) is 43.3 Å². The van der Waals surface area contributed by atoms with Crippen LogP contribution < -0.4 is 4.90 Å². The van der Waals surface area contributed by atoms with E-state index >= 15 is 0 Å². The third kappa shape index (κ3) is 3.67. The maximum Gasteiger partial charge on any atom is 0.254 e. The van der Waals surface area contributed by atoms with E-state index in [9.17, 15) is 4.79 Å². The summed E-state index contributed by atoms with van der Waals surface area (Å²) >= 11 is 0. The number of fused-ring (bicyclic) bond motifs is 1. The Morgan fingerprint density at radius 2 is 1.88 bits per heavy atom. The summed E-state index contributed by atoms with van der Waals surface area (Å²) in [6.45, 7) is 4.34. The van der Waals surface area contributed by atoms with E-state index in [0.29, 0.717) is 48.8 Å². The third-order valence-corrected chi connectivity index (χ3v) is 5.70. The van der Waals surface area contributed by atoms with Gasteiger partial charge < -0.3 is 14.2 Å². The van der Waals surface area contributed by atoms with Crippen LogP contribution in [0.15, 0.2) is 65.2 Å². The lowest BCUT2D eigenvalue weighted by Gasteiger charge is -2.35. The molecule has 1 fully saturated rings. The summed E-state index contributed by atoms with van der Waals surface area (Å²) in [5.74, 6) is 2.19. The molecule has 3 aromatic heterocycles. The summed E-state index contributed by atoms with van der Waals surface area (Å²) in [6.07, 6.45) is 1.65. The maximum atomic E-state index is 13.5. The number of aromatic nitrogens is 2. The Balaban J connectivity index is 1.42. The smallest absolute Gasteiger partial charge is 0.254 e. The summed E-state index contributed by atoms with van der Waals surface area (Å²) in [6, 6.07) is 18.9. The summed E-state index contributed by atoms with van der Waals surface area (Å²) < 4.78 is 5.76. The lowest BCUT2D eigenvalue weighted by molar-refractivity contribution is 0.0748. The molecule has 0 spiro atoms. The van der Waals surface area contributed by atoms with Crippen molar-refractivity contribution >= 4 is 22.6 Å². The van der Waals surface area contributed by atoms with E-state index in [1.54, 1.807) is 18.3 Å². The fraction of sp³-hybridized carbons (Fsp3) is 0.200. The predicted octanol–water partition coefficient (Wildman–Crippen LogP) is 4.03. The Kier molecular flexibility index (Phi) is 5.04. The van der Waals surface area contributed by atoms with Crippen molar-refractivity contribution in [1.29, 1.82) is 5.26 Å². The lowest BCUT2D eigenvalue weighted by Crippen LogP contribution is -2.49. The molecule has 1 amide bonds. The molecule has 5 rings (SSSR count). The van der Waals surface area contributed by atoms with E-state index in [4.69, 9.17) is 14.7 Å². The Bertz CT molecular complexity index is 1350. The number of nitriles is 1. The Morgan fingerprint density at radius 3 is 2.62 bits per heavy atom. The second-order valence-electron chi connectivity index (χ2n) is 7.78. The highest BCUT2D eigenvalue weighted by molar-refractivity contribution is 6.07. The normalized spacial score (nSPS) is 13.9. The minimum atomic E-state index is -0.0217. The highest BCUT2D eigenvalue weighted by atomic mass is 16.3. The molecule has 1 aliphatic rings. The third-order valence-electron chi connectivity index (χ3n) is 5.70. The van der Waals surface area contributed by atoms with Gasteiger partial charge in [0, 0.05) is 37.8 Å². The zero-order valence-corrected chi connectivity index (χ0v) is 17.7. The Hall–Kier alpha value is -4.18. The number of carbonyl (C=O) groups excluding carboxylic acids is 1. The Morgan fingerprint density at radius 1 is 1.06 bits per heavy atom. The summed E-state index contributed by atoms with van der Waals surface area (Å²) in [4.78, 5) is 26.6. The number of piperazine rings is 1. The van der Waals surface area contributed by atoms with Crippen LogP contribution in [0.4, 0.5) is 5.82 Å². The molecule has 0 N–H and O–H groups in total. The zero-order valence-electron chi connectivity index (χ0n) is 17.7. The van der Waals surface area contributed by atoms with Crippen LogP contribution in [0, 0.1) is 18.3 Å². The van der Waals surface area contributed by atoms with Gasteiger partial charge in [0.2, 0.25) is 0 Å². The van der Waals surface area contributed by atoms with Crippen LogP contribution in [0.25, 0.3) is 22.4 Å². The molecule has 0 unspecified atom stereocenters. The standard InChI is InChI=1S/C25H21N5O2/c1-17-6-7-23(32-17)22-15-20(19-4-2-3-5-21(19)28-22)25(31)30-12-10-29(11-13-30)24-14-18(16-26)8-9-27-24/h2-9,14-15H,10-13H2,1H3. The number of furan rings is 1. The Labute approximate surface area is 185 Å². The molecule has 0 atom stereocenters. The van der Waals surface area contributed by atoms with Gasteiger partial charge in [-0.25, -0.2) is 9.97 Å². The molecule has 4 heterocycles. The molecule has 1 aromatic carbocycles. The second-order valence-corrected chi connectivity index (χ2v) is 7.78. The topological polar surface area (TPSA) is 86.3 Å². The monoisotopic (exact) mass is 423 g/mol. The number of pyridine rings is 2. The van der Waals surface area contributed by atoms with Crippen molar-refractivity contribution in [3.8, 4) is 17.5 Å². The summed E-state index contributed by atoms with van der Waals surface area (Å²) in [5.41, 5.74) is 2.62. The van der Waals surface area contributed by atoms with Crippen LogP contribution in [0.2, 0.25) is 0 Å². The van der Waals surface area contributed by atoms with Crippen LogP contribution in [0.1, 0.15) is 21.7 Å². The van der Waals surface area contributed by atoms with Gasteiger partial charge >= 0.3 is 0 Å². The van der Waals surface area contributed by atoms with Crippen LogP contribution in [0.5, 0.6) is 0 Å². The van der Waals surface area contributed by atoms with Gasteiger partial charge in [-0.3, -0.25) is 4.79 Å². The van der Waals surface area contributed by atoms with Crippen molar-refractivity contribution in [1.82, 2.24) is 14.9 Å². The van der Waals surface area contributed by atoms with Gasteiger partial charge in [-0.15, -0.1) is 0 Å². The molecule has 4 aromatic rings. The molecule has 32 heavy (non-hydrogen) atoms. The first kappa shape index (κ1) is 19.8. The molecule has 0 aliphatic carbocycles. The SMILES string of the molecule is Cc1ccc(-c2cc(C(=O)N3CCN(c4cc(C#N)ccn4)CC3)c3ccccc3n2)o1. The number of benzene rings is 1. The first-order valence-electron chi connectivity index (χ1n) is 10.5. The first-order chi connectivity index (χ1) is 15.6. The van der Waals surface area contributed by atoms with Crippen LogP contribution in [-0.4, -0.2) is 47.0 Å². The van der Waals surface area contributed by atoms with Crippen molar-refractivity contribution in [3.63, 3.8) is 0 Å². The number of rotatable bonds is 3. The van der Waals surface area contributed by atoms with Crippen molar-refractivity contribution in [3.05, 3.63) is 77.7 Å². The molecule has 1 aliphatic heterocycles. The molecule has 1 saturated heterocycles. The molecular formula is C25H21N5O2. The van der Waals surface area contributed by atoms with Gasteiger partial charge in [-0.1, -0.05) is 18.2 Å². The van der Waals surface area contributed by atoms with E-state index in [1.165, 1.54) is 0 Å². The average Bonchev–Trinajstić information content (AvgIpc) is 3.29. The van der Waals surface area contributed by atoms with Crippen molar-refractivity contribution < 1.29 is 9.21 Å². The summed E-state index contributed by atoms with van der Waals surface area (Å²) in [7, 11) is 0. The van der Waals surface area contributed by atoms with E-state index in [1.807, 2.05) is 54.3 Å². The lowest BCUT2D eigenvalue weighted by atomic mass is 10.0. The van der Waals surface area contributed by atoms with Crippen LogP contribution in [-0.2, 0) is 0 Å². The van der Waals surface area contributed by atoms with Crippen molar-refractivity contribution in [2.24, 2.45) is 0 Å². The number of amides is 1. The molecule has 0 bridgehead atoms. The molecule has 0 saturated carbocycles. The fourth-order valence-electron chi connectivity index (χ4n) is 4.02. The van der Waals surface area contributed by atoms with Crippen molar-refractivity contribution in [2.45, 2.75) is 6.92 Å². The number of nitrogens with zero attached hydrogens (tertiary/aromatic N) is 5. The highest BCUT2D eigenvalue weighted by Gasteiger charge is 2.25. The largest absolute Gasteiger partial charge is 0.460 e. The number of anilines is 1. The van der Waals surface area contributed by atoms with Gasteiger partial charge in [0.1, 0.15) is 17.3 Å². The molecule has 7 nitrogen and oxygen atoms in total. The summed E-state index contributed by atoms with van der Waals surface area (Å²) in [5, 5.41) is 9.96. The van der Waals surface area contributed by atoms with Gasteiger partial charge in [-0.2, -0.15) is 5.26 Å². The number of hydrogen-bond donors (Lipinski definition) is 0. The number of carbonyl (C=O) groups is 1. The minimum absolute atomic E-state index is 0.0217. The number of aryl methyl sites for hydroxylation is 1. The maximum absolute atomic E-state index is 13.5. The second kappa shape index (κ2) is 8.16. The average molecular weight is 423 g/mol. The van der Waals surface area contributed by atoms with E-state index in [-0.39, 0.29) is 5.91 Å². The molecular weight excluding hydrogens is 402 g/mol. The zero-order chi connectivity index (χ0) is 22.1. The highest BCUT2D eigenvalue weighted by Crippen LogP contribution is 2.27. The van der Waals surface area contributed by atoms with Crippen molar-refractivity contribution in [2.75, 3.05) is 31.1 Å².